The van der Waals surface area contributed by atoms with E-state index in [0.717, 1.165) is 11.3 Å². The predicted molar refractivity (Wildman–Crippen MR) is 80.4 cm³/mol. The van der Waals surface area contributed by atoms with E-state index in [1.54, 1.807) is 6.92 Å². The van der Waals surface area contributed by atoms with Gasteiger partial charge in [0.05, 0.1) is 10.9 Å². The number of rotatable bonds is 8. The van der Waals surface area contributed by atoms with E-state index in [0.29, 0.717) is 10.8 Å². The molecule has 0 spiro atoms. The van der Waals surface area contributed by atoms with Crippen LogP contribution in [0.15, 0.2) is 16.3 Å². The molecule has 1 aromatic rings. The first-order chi connectivity index (χ1) is 9.55. The van der Waals surface area contributed by atoms with Crippen molar-refractivity contribution in [2.75, 3.05) is 6.61 Å². The molecule has 0 aromatic carbocycles. The second-order valence-electron chi connectivity index (χ2n) is 4.38. The first kappa shape index (κ1) is 18.8. The molecule has 0 aliphatic carbocycles. The Bertz CT molecular complexity index is 669. The lowest BCUT2D eigenvalue weighted by molar-refractivity contribution is 0.216. The summed E-state index contributed by atoms with van der Waals surface area (Å²) in [5.41, 5.74) is 0. The first-order valence-corrected chi connectivity index (χ1v) is 9.99. The van der Waals surface area contributed by atoms with Gasteiger partial charge in [-0.25, -0.2) is 17.3 Å². The maximum atomic E-state index is 12.2. The summed E-state index contributed by atoms with van der Waals surface area (Å²) < 4.78 is 61.2. The Balaban J connectivity index is 2.90. The minimum Gasteiger partial charge on any atom is -0.264 e. The smallest absolute Gasteiger partial charge is 0.264 e. The van der Waals surface area contributed by atoms with Crippen molar-refractivity contribution >= 4 is 43.4 Å². The SMILES string of the molecule is CC[C@@H](C)[C@@H](COS(=O)(=O)O)NS(=O)(=O)c1ccc(Cl)s1. The third-order valence-electron chi connectivity index (χ3n) is 2.85. The van der Waals surface area contributed by atoms with E-state index in [9.17, 15) is 16.8 Å². The summed E-state index contributed by atoms with van der Waals surface area (Å²) >= 11 is 6.59. The molecule has 0 aliphatic heterocycles. The average Bonchev–Trinajstić information content (AvgIpc) is 2.80. The molecule has 0 aliphatic rings. The fourth-order valence-electron chi connectivity index (χ4n) is 1.46. The monoisotopic (exact) mass is 377 g/mol. The first-order valence-electron chi connectivity index (χ1n) is 5.94. The highest BCUT2D eigenvalue weighted by molar-refractivity contribution is 7.91. The molecule has 11 heteroatoms. The summed E-state index contributed by atoms with van der Waals surface area (Å²) in [6.45, 7) is 3.07. The molecule has 1 aromatic heterocycles. The van der Waals surface area contributed by atoms with E-state index in [1.807, 2.05) is 6.92 Å². The van der Waals surface area contributed by atoms with Crippen LogP contribution >= 0.6 is 22.9 Å². The van der Waals surface area contributed by atoms with Gasteiger partial charge in [0.15, 0.2) is 0 Å². The maximum Gasteiger partial charge on any atom is 0.397 e. The van der Waals surface area contributed by atoms with Gasteiger partial charge in [-0.3, -0.25) is 4.55 Å². The molecule has 2 N–H and O–H groups in total. The van der Waals surface area contributed by atoms with Crippen LogP contribution in [-0.4, -0.2) is 34.0 Å². The lowest BCUT2D eigenvalue weighted by atomic mass is 10.0. The third kappa shape index (κ3) is 6.19. The Morgan fingerprint density at radius 2 is 2.00 bits per heavy atom. The molecule has 1 rings (SSSR count). The zero-order chi connectivity index (χ0) is 16.3. The lowest BCUT2D eigenvalue weighted by Crippen LogP contribution is -2.42. The van der Waals surface area contributed by atoms with Crippen LogP contribution in [0.5, 0.6) is 0 Å². The van der Waals surface area contributed by atoms with E-state index < -0.39 is 33.1 Å². The molecule has 7 nitrogen and oxygen atoms in total. The summed E-state index contributed by atoms with van der Waals surface area (Å²) in [6, 6.07) is 2.00. The van der Waals surface area contributed by atoms with Crippen molar-refractivity contribution in [2.24, 2.45) is 5.92 Å². The van der Waals surface area contributed by atoms with Gasteiger partial charge in [-0.2, -0.15) is 8.42 Å². The van der Waals surface area contributed by atoms with Crippen molar-refractivity contribution in [1.29, 1.82) is 0 Å². The predicted octanol–water partition coefficient (Wildman–Crippen LogP) is 1.91. The number of nitrogens with one attached hydrogen (secondary N) is 1. The second-order valence-corrected chi connectivity index (χ2v) is 9.13. The standard InChI is InChI=1S/C10H16ClNO6S3/c1-3-7(2)8(6-18-21(15,16)17)12-20(13,14)10-5-4-9(11)19-10/h4-5,7-8,12H,3,6H2,1-2H3,(H,15,16,17)/t7-,8-/m1/s1. The van der Waals surface area contributed by atoms with Gasteiger partial charge in [0, 0.05) is 6.04 Å². The number of thiophene rings is 1. The van der Waals surface area contributed by atoms with Crippen molar-refractivity contribution in [2.45, 2.75) is 30.5 Å². The van der Waals surface area contributed by atoms with Crippen molar-refractivity contribution in [1.82, 2.24) is 4.72 Å². The molecule has 0 amide bonds. The quantitative estimate of drug-likeness (QED) is 0.669. The normalized spacial score (nSPS) is 15.8. The zero-order valence-electron chi connectivity index (χ0n) is 11.3. The number of sulfonamides is 1. The van der Waals surface area contributed by atoms with E-state index in [-0.39, 0.29) is 10.1 Å². The second kappa shape index (κ2) is 7.36. The molecular formula is C10H16ClNO6S3. The summed E-state index contributed by atoms with van der Waals surface area (Å²) in [5.74, 6) is -0.197. The van der Waals surface area contributed by atoms with Gasteiger partial charge in [0.1, 0.15) is 4.21 Å². The minimum atomic E-state index is -4.63. The zero-order valence-corrected chi connectivity index (χ0v) is 14.5. The van der Waals surface area contributed by atoms with Crippen molar-refractivity contribution in [3.05, 3.63) is 16.5 Å². The van der Waals surface area contributed by atoms with Crippen LogP contribution in [0.2, 0.25) is 4.34 Å². The van der Waals surface area contributed by atoms with Crippen LogP contribution in [0.4, 0.5) is 0 Å². The molecule has 0 saturated carbocycles. The van der Waals surface area contributed by atoms with Gasteiger partial charge in [0.25, 0.3) is 0 Å². The Morgan fingerprint density at radius 1 is 1.38 bits per heavy atom. The third-order valence-corrected chi connectivity index (χ3v) is 6.49. The molecule has 0 unspecified atom stereocenters. The average molecular weight is 378 g/mol. The van der Waals surface area contributed by atoms with Gasteiger partial charge < -0.3 is 0 Å². The van der Waals surface area contributed by atoms with Crippen LogP contribution in [-0.2, 0) is 24.6 Å². The van der Waals surface area contributed by atoms with E-state index in [2.05, 4.69) is 8.91 Å². The molecular weight excluding hydrogens is 362 g/mol. The number of hydrogen-bond acceptors (Lipinski definition) is 6. The minimum absolute atomic E-state index is 0.0210. The number of hydrogen-bond donors (Lipinski definition) is 2. The molecule has 0 radical (unpaired) electrons. The molecule has 122 valence electrons. The fraction of sp³-hybridized carbons (Fsp3) is 0.600. The Morgan fingerprint density at radius 3 is 2.43 bits per heavy atom. The Hall–Kier alpha value is -0.230. The van der Waals surface area contributed by atoms with Crippen LogP contribution < -0.4 is 4.72 Å². The van der Waals surface area contributed by atoms with E-state index in [4.69, 9.17) is 16.2 Å². The molecule has 0 saturated heterocycles. The largest absolute Gasteiger partial charge is 0.397 e. The lowest BCUT2D eigenvalue weighted by Gasteiger charge is -2.22. The highest BCUT2D eigenvalue weighted by Crippen LogP contribution is 2.26. The topological polar surface area (TPSA) is 110 Å². The molecule has 1 heterocycles. The van der Waals surface area contributed by atoms with Crippen molar-refractivity contribution in [3.8, 4) is 0 Å². The highest BCUT2D eigenvalue weighted by Gasteiger charge is 2.26. The van der Waals surface area contributed by atoms with Crippen molar-refractivity contribution < 1.29 is 25.6 Å². The van der Waals surface area contributed by atoms with E-state index >= 15 is 0 Å². The van der Waals surface area contributed by atoms with Gasteiger partial charge in [0.2, 0.25) is 10.0 Å². The summed E-state index contributed by atoms with van der Waals surface area (Å²) in [5, 5.41) is 0. The van der Waals surface area contributed by atoms with Crippen molar-refractivity contribution in [3.63, 3.8) is 0 Å². The van der Waals surface area contributed by atoms with Crippen LogP contribution in [0, 0.1) is 5.92 Å². The van der Waals surface area contributed by atoms with Gasteiger partial charge in [-0.05, 0) is 18.1 Å². The molecule has 0 fully saturated rings. The van der Waals surface area contributed by atoms with Crippen LogP contribution in [0.1, 0.15) is 20.3 Å². The Kier molecular flexibility index (Phi) is 6.59. The molecule has 2 atom stereocenters. The molecule has 21 heavy (non-hydrogen) atoms. The fourth-order valence-corrected chi connectivity index (χ4v) is 4.61. The molecule has 0 bridgehead atoms. The summed E-state index contributed by atoms with van der Waals surface area (Å²) in [7, 11) is -8.46. The maximum absolute atomic E-state index is 12.2. The van der Waals surface area contributed by atoms with E-state index in [1.165, 1.54) is 12.1 Å². The van der Waals surface area contributed by atoms with Crippen LogP contribution in [0.25, 0.3) is 0 Å². The Labute approximate surface area is 133 Å². The summed E-state index contributed by atoms with van der Waals surface area (Å²) in [4.78, 5) is 0. The highest BCUT2D eigenvalue weighted by atomic mass is 35.5. The number of halogens is 1. The van der Waals surface area contributed by atoms with Gasteiger partial charge >= 0.3 is 10.4 Å². The van der Waals surface area contributed by atoms with Gasteiger partial charge in [-0.1, -0.05) is 31.9 Å². The van der Waals surface area contributed by atoms with Crippen LogP contribution in [0.3, 0.4) is 0 Å². The summed E-state index contributed by atoms with van der Waals surface area (Å²) in [6.07, 6.45) is 0.590. The van der Waals surface area contributed by atoms with Gasteiger partial charge in [-0.15, -0.1) is 11.3 Å².